The molecule has 3 fully saturated rings. The Bertz CT molecular complexity index is 697. The average molecular weight is 380 g/mol. The monoisotopic (exact) mass is 380 g/mol. The molecule has 5 rings (SSSR count). The van der Waals surface area contributed by atoms with E-state index in [1.165, 1.54) is 0 Å². The topological polar surface area (TPSA) is 88.1 Å². The summed E-state index contributed by atoms with van der Waals surface area (Å²) in [6, 6.07) is 4.95. The molecule has 2 unspecified atom stereocenters. The molecule has 7 nitrogen and oxygen atoms in total. The van der Waals surface area contributed by atoms with Crippen molar-refractivity contribution in [1.82, 2.24) is 10.4 Å². The molecule has 1 aromatic carbocycles. The molecule has 4 aliphatic rings. The third-order valence-corrected chi connectivity index (χ3v) is 5.42. The van der Waals surface area contributed by atoms with E-state index in [0.717, 1.165) is 24.8 Å². The van der Waals surface area contributed by atoms with Gasteiger partial charge in [-0.3, -0.25) is 14.8 Å². The number of ether oxygens (including phenoxy) is 2. The normalized spacial score (nSPS) is 29.2. The molecular formula is C18H24N2O5S. The van der Waals surface area contributed by atoms with E-state index >= 15 is 0 Å². The quantitative estimate of drug-likeness (QED) is 0.601. The molecule has 142 valence electrons. The molecule has 1 saturated carbocycles. The summed E-state index contributed by atoms with van der Waals surface area (Å²) in [6.07, 6.45) is 3.20. The minimum absolute atomic E-state index is 0. The van der Waals surface area contributed by atoms with Gasteiger partial charge in [-0.25, -0.2) is 5.48 Å². The van der Waals surface area contributed by atoms with Crippen molar-refractivity contribution in [2.24, 2.45) is 5.92 Å². The van der Waals surface area contributed by atoms with Crippen molar-refractivity contribution in [3.63, 3.8) is 0 Å². The molecule has 1 aromatic rings. The van der Waals surface area contributed by atoms with Gasteiger partial charge in [-0.05, 0) is 38.3 Å². The number of amides is 2. The first kappa shape index (κ1) is 19.0. The fourth-order valence-electron chi connectivity index (χ4n) is 3.99. The lowest BCUT2D eigenvalue weighted by atomic mass is 9.80. The van der Waals surface area contributed by atoms with Gasteiger partial charge in [0.15, 0.2) is 0 Å². The zero-order valence-corrected chi connectivity index (χ0v) is 15.6. The Morgan fingerprint density at radius 3 is 2.58 bits per heavy atom. The van der Waals surface area contributed by atoms with Crippen LogP contribution in [0.25, 0.3) is 0 Å². The van der Waals surface area contributed by atoms with Crippen LogP contribution in [0.15, 0.2) is 18.2 Å². The summed E-state index contributed by atoms with van der Waals surface area (Å²) in [7, 11) is 0. The van der Waals surface area contributed by atoms with Crippen LogP contribution in [-0.2, 0) is 16.1 Å². The Morgan fingerprint density at radius 2 is 1.92 bits per heavy atom. The van der Waals surface area contributed by atoms with Crippen molar-refractivity contribution in [2.45, 2.75) is 51.0 Å². The second-order valence-electron chi connectivity index (χ2n) is 7.17. The maximum Gasteiger partial charge on any atom is 0.274 e. The number of carbonyl (C=O) groups excluding carboxylic acids is 2. The van der Waals surface area contributed by atoms with Crippen LogP contribution in [0.4, 0.5) is 0 Å². The predicted octanol–water partition coefficient (Wildman–Crippen LogP) is 1.60. The Hall–Kier alpha value is -1.77. The highest BCUT2D eigenvalue weighted by molar-refractivity contribution is 7.59. The average Bonchev–Trinajstić information content (AvgIpc) is 2.78. The van der Waals surface area contributed by atoms with Crippen LogP contribution >= 0.6 is 13.5 Å². The minimum Gasteiger partial charge on any atom is -0.491 e. The molecule has 2 N–H and O–H groups in total. The van der Waals surface area contributed by atoms with Gasteiger partial charge in [0.1, 0.15) is 12.4 Å². The molecule has 3 heterocycles. The van der Waals surface area contributed by atoms with Crippen molar-refractivity contribution in [2.75, 3.05) is 6.61 Å². The van der Waals surface area contributed by atoms with Crippen molar-refractivity contribution in [3.05, 3.63) is 29.3 Å². The SMILES string of the molecule is C[C@H]1COc2cc(C(=O)NO)ccc2CN1C(=O)C1CC2CC(C1)O2.S. The Kier molecular flexibility index (Phi) is 5.45. The van der Waals surface area contributed by atoms with Gasteiger partial charge < -0.3 is 14.4 Å². The fourth-order valence-corrected chi connectivity index (χ4v) is 3.99. The number of carbonyl (C=O) groups is 2. The van der Waals surface area contributed by atoms with Gasteiger partial charge >= 0.3 is 0 Å². The highest BCUT2D eigenvalue weighted by atomic mass is 32.1. The lowest BCUT2D eigenvalue weighted by Crippen LogP contribution is -2.51. The van der Waals surface area contributed by atoms with Crippen LogP contribution in [0.5, 0.6) is 5.75 Å². The van der Waals surface area contributed by atoms with Crippen LogP contribution in [0.3, 0.4) is 0 Å². The van der Waals surface area contributed by atoms with E-state index in [-0.39, 0.29) is 43.6 Å². The molecular weight excluding hydrogens is 356 g/mol. The first-order valence-corrected chi connectivity index (χ1v) is 8.71. The fraction of sp³-hybridized carbons (Fsp3) is 0.556. The van der Waals surface area contributed by atoms with E-state index in [4.69, 9.17) is 14.7 Å². The number of nitrogens with one attached hydrogen (secondary N) is 1. The lowest BCUT2D eigenvalue weighted by molar-refractivity contribution is -0.183. The van der Waals surface area contributed by atoms with Crippen molar-refractivity contribution >= 4 is 25.3 Å². The Labute approximate surface area is 159 Å². The number of fused-ring (bicyclic) bond motifs is 3. The predicted molar refractivity (Wildman–Crippen MR) is 97.6 cm³/mol. The van der Waals surface area contributed by atoms with Crippen molar-refractivity contribution in [1.29, 1.82) is 0 Å². The number of hydrogen-bond donors (Lipinski definition) is 2. The molecule has 8 heteroatoms. The zero-order chi connectivity index (χ0) is 17.6. The maximum atomic E-state index is 13.0. The lowest BCUT2D eigenvalue weighted by Gasteiger charge is -2.46. The van der Waals surface area contributed by atoms with E-state index < -0.39 is 5.91 Å². The summed E-state index contributed by atoms with van der Waals surface area (Å²) in [4.78, 5) is 26.5. The molecule has 2 amide bonds. The summed E-state index contributed by atoms with van der Waals surface area (Å²) in [6.45, 7) is 2.81. The van der Waals surface area contributed by atoms with Gasteiger partial charge in [-0.15, -0.1) is 0 Å². The molecule has 0 radical (unpaired) electrons. The third kappa shape index (κ3) is 3.41. The second-order valence-corrected chi connectivity index (χ2v) is 7.17. The van der Waals surface area contributed by atoms with E-state index in [9.17, 15) is 9.59 Å². The standard InChI is InChI=1S/C18H22N2O5.H2S/c1-10-9-24-16-6-11(17(21)19-23)2-3-12(16)8-20(10)18(22)13-4-14-7-15(5-13)25-14;/h2-3,6,10,13-15,23H,4-5,7-9H2,1H3,(H,19,21);1H2/t10-,13?,14?,15?;/m0./s1. The molecule has 0 aromatic heterocycles. The molecule has 2 bridgehead atoms. The molecule has 0 spiro atoms. The summed E-state index contributed by atoms with van der Waals surface area (Å²) in [5, 5.41) is 8.77. The number of hydroxylamine groups is 1. The largest absolute Gasteiger partial charge is 0.491 e. The number of hydrogen-bond acceptors (Lipinski definition) is 5. The van der Waals surface area contributed by atoms with E-state index in [1.54, 1.807) is 23.7 Å². The summed E-state index contributed by atoms with van der Waals surface area (Å²) in [5.74, 6) is 0.191. The Balaban J connectivity index is 0.00000196. The van der Waals surface area contributed by atoms with Crippen LogP contribution < -0.4 is 10.2 Å². The molecule has 3 atom stereocenters. The molecule has 2 saturated heterocycles. The van der Waals surface area contributed by atoms with E-state index in [0.29, 0.717) is 24.5 Å². The summed E-state index contributed by atoms with van der Waals surface area (Å²) < 4.78 is 11.5. The second kappa shape index (κ2) is 7.46. The third-order valence-electron chi connectivity index (χ3n) is 5.42. The van der Waals surface area contributed by atoms with Gasteiger partial charge in [0.2, 0.25) is 5.91 Å². The minimum atomic E-state index is -0.585. The van der Waals surface area contributed by atoms with Gasteiger partial charge in [0.05, 0.1) is 18.2 Å². The van der Waals surface area contributed by atoms with Crippen LogP contribution in [0.1, 0.15) is 42.1 Å². The number of benzene rings is 1. The maximum absolute atomic E-state index is 13.0. The number of nitrogens with zero attached hydrogens (tertiary/aromatic N) is 1. The van der Waals surface area contributed by atoms with E-state index in [1.807, 2.05) is 11.8 Å². The zero-order valence-electron chi connectivity index (χ0n) is 14.6. The van der Waals surface area contributed by atoms with Gasteiger partial charge in [0, 0.05) is 23.6 Å². The first-order chi connectivity index (χ1) is 12.0. The first-order valence-electron chi connectivity index (χ1n) is 8.71. The van der Waals surface area contributed by atoms with Crippen LogP contribution in [0, 0.1) is 5.92 Å². The Morgan fingerprint density at radius 1 is 1.23 bits per heavy atom. The van der Waals surface area contributed by atoms with Crippen LogP contribution in [0.2, 0.25) is 0 Å². The highest BCUT2D eigenvalue weighted by Crippen LogP contribution is 2.39. The molecule has 1 aliphatic carbocycles. The highest BCUT2D eigenvalue weighted by Gasteiger charge is 2.44. The van der Waals surface area contributed by atoms with E-state index in [2.05, 4.69) is 0 Å². The van der Waals surface area contributed by atoms with Gasteiger partial charge in [0.25, 0.3) is 5.91 Å². The van der Waals surface area contributed by atoms with Crippen molar-refractivity contribution < 1.29 is 24.3 Å². The molecule has 3 aliphatic heterocycles. The smallest absolute Gasteiger partial charge is 0.274 e. The van der Waals surface area contributed by atoms with Crippen molar-refractivity contribution in [3.8, 4) is 5.75 Å². The van der Waals surface area contributed by atoms with Gasteiger partial charge in [-0.1, -0.05) is 6.07 Å². The molecule has 26 heavy (non-hydrogen) atoms. The van der Waals surface area contributed by atoms with Crippen LogP contribution in [-0.4, -0.2) is 46.8 Å². The number of rotatable bonds is 2. The summed E-state index contributed by atoms with van der Waals surface area (Å²) >= 11 is 0. The van der Waals surface area contributed by atoms with Gasteiger partial charge in [-0.2, -0.15) is 13.5 Å². The summed E-state index contributed by atoms with van der Waals surface area (Å²) in [5.41, 5.74) is 2.80.